The van der Waals surface area contributed by atoms with Gasteiger partial charge in [-0.3, -0.25) is 9.78 Å². The summed E-state index contributed by atoms with van der Waals surface area (Å²) in [5.74, 6) is -0.0794. The van der Waals surface area contributed by atoms with E-state index in [1.54, 1.807) is 12.3 Å². The monoisotopic (exact) mass is 305 g/mol. The van der Waals surface area contributed by atoms with Crippen molar-refractivity contribution in [2.45, 2.75) is 26.7 Å². The number of nitrogens with zero attached hydrogens (tertiary/aromatic N) is 1. The average molecular weight is 306 g/mol. The molecule has 0 unspecified atom stereocenters. The maximum atomic E-state index is 12.6. The quantitative estimate of drug-likeness (QED) is 0.887. The molecule has 4 nitrogen and oxygen atoms in total. The summed E-state index contributed by atoms with van der Waals surface area (Å²) in [7, 11) is 0. The van der Waals surface area contributed by atoms with Crippen molar-refractivity contribution >= 4 is 34.1 Å². The van der Waals surface area contributed by atoms with Crippen LogP contribution in [0.25, 0.3) is 10.9 Å². The second kappa shape index (κ2) is 6.41. The molecule has 0 aliphatic rings. The zero-order valence-electron chi connectivity index (χ0n) is 12.3. The molecule has 1 heterocycles. The number of aromatic nitrogens is 1. The molecule has 0 bridgehead atoms. The molecule has 0 atom stereocenters. The van der Waals surface area contributed by atoms with E-state index in [2.05, 4.69) is 10.3 Å². The molecule has 5 heteroatoms. The Bertz CT molecular complexity index is 645. The number of carbonyl (C=O) groups is 1. The second-order valence-electron chi connectivity index (χ2n) is 5.17. The third kappa shape index (κ3) is 3.01. The number of nitrogens with one attached hydrogen (secondary N) is 1. The maximum absolute atomic E-state index is 12.6. The standard InChI is InChI=1S/C16H20ClN3O/c1-3-16(4-2,10-18)15(21)20-13-9-12(17)8-11-6-5-7-19-14(11)13/h5-9H,3-4,10,18H2,1-2H3,(H,20,21). The smallest absolute Gasteiger partial charge is 0.231 e. The number of benzene rings is 1. The lowest BCUT2D eigenvalue weighted by molar-refractivity contribution is -0.125. The number of hydrogen-bond acceptors (Lipinski definition) is 3. The van der Waals surface area contributed by atoms with Crippen molar-refractivity contribution in [1.29, 1.82) is 0 Å². The van der Waals surface area contributed by atoms with Crippen molar-refractivity contribution in [1.82, 2.24) is 4.98 Å². The largest absolute Gasteiger partial charge is 0.329 e. The number of pyridine rings is 1. The molecule has 1 amide bonds. The lowest BCUT2D eigenvalue weighted by Crippen LogP contribution is -2.41. The van der Waals surface area contributed by atoms with Crippen LogP contribution in [0.3, 0.4) is 0 Å². The van der Waals surface area contributed by atoms with Crippen LogP contribution in [0.5, 0.6) is 0 Å². The van der Waals surface area contributed by atoms with Gasteiger partial charge in [0.1, 0.15) is 0 Å². The first-order valence-electron chi connectivity index (χ1n) is 7.12. The van der Waals surface area contributed by atoms with Crippen LogP contribution in [0, 0.1) is 5.41 Å². The van der Waals surface area contributed by atoms with Crippen LogP contribution in [0.2, 0.25) is 5.02 Å². The number of carbonyl (C=O) groups excluding carboxylic acids is 1. The minimum atomic E-state index is -0.552. The zero-order chi connectivity index (χ0) is 15.5. The first-order valence-corrected chi connectivity index (χ1v) is 7.50. The molecule has 1 aromatic heterocycles. The molecule has 0 spiro atoms. The molecule has 0 saturated heterocycles. The summed E-state index contributed by atoms with van der Waals surface area (Å²) in [4.78, 5) is 17.0. The predicted octanol–water partition coefficient (Wildman–Crippen LogP) is 3.59. The van der Waals surface area contributed by atoms with E-state index in [0.29, 0.717) is 30.1 Å². The summed E-state index contributed by atoms with van der Waals surface area (Å²) in [6.07, 6.45) is 3.08. The highest BCUT2D eigenvalue weighted by molar-refractivity contribution is 6.32. The second-order valence-corrected chi connectivity index (χ2v) is 5.61. The fraction of sp³-hybridized carbons (Fsp3) is 0.375. The number of hydrogen-bond donors (Lipinski definition) is 2. The molecule has 112 valence electrons. The van der Waals surface area contributed by atoms with Gasteiger partial charge in [0.25, 0.3) is 0 Å². The molecule has 0 saturated carbocycles. The van der Waals surface area contributed by atoms with Gasteiger partial charge in [0.05, 0.1) is 16.6 Å². The molecule has 1 aromatic carbocycles. The molecule has 3 N–H and O–H groups in total. The highest BCUT2D eigenvalue weighted by Gasteiger charge is 2.33. The van der Waals surface area contributed by atoms with E-state index in [-0.39, 0.29) is 5.91 Å². The van der Waals surface area contributed by atoms with Gasteiger partial charge in [0.2, 0.25) is 5.91 Å². The van der Waals surface area contributed by atoms with Gasteiger partial charge in [-0.15, -0.1) is 0 Å². The van der Waals surface area contributed by atoms with E-state index < -0.39 is 5.41 Å². The third-order valence-corrected chi connectivity index (χ3v) is 4.36. The van der Waals surface area contributed by atoms with Crippen LogP contribution >= 0.6 is 11.6 Å². The Morgan fingerprint density at radius 3 is 2.71 bits per heavy atom. The van der Waals surface area contributed by atoms with Gasteiger partial charge in [-0.25, -0.2) is 0 Å². The highest BCUT2D eigenvalue weighted by Crippen LogP contribution is 2.30. The lowest BCUT2D eigenvalue weighted by Gasteiger charge is -2.28. The minimum Gasteiger partial charge on any atom is -0.329 e. The molecule has 0 aliphatic carbocycles. The average Bonchev–Trinajstić information content (AvgIpc) is 2.49. The van der Waals surface area contributed by atoms with Gasteiger partial charge in [0, 0.05) is 23.2 Å². The van der Waals surface area contributed by atoms with Crippen LogP contribution < -0.4 is 11.1 Å². The van der Waals surface area contributed by atoms with Crippen molar-refractivity contribution in [2.24, 2.45) is 11.1 Å². The topological polar surface area (TPSA) is 68.0 Å². The van der Waals surface area contributed by atoms with Crippen LogP contribution in [-0.2, 0) is 4.79 Å². The van der Waals surface area contributed by atoms with Crippen LogP contribution in [0.15, 0.2) is 30.5 Å². The van der Waals surface area contributed by atoms with Gasteiger partial charge >= 0.3 is 0 Å². The summed E-state index contributed by atoms with van der Waals surface area (Å²) in [6, 6.07) is 7.31. The SMILES string of the molecule is CCC(CC)(CN)C(=O)Nc1cc(Cl)cc2cccnc12. The summed E-state index contributed by atoms with van der Waals surface area (Å²) in [5, 5.41) is 4.42. The van der Waals surface area contributed by atoms with E-state index in [4.69, 9.17) is 17.3 Å². The normalized spacial score (nSPS) is 11.6. The van der Waals surface area contributed by atoms with E-state index in [0.717, 1.165) is 10.9 Å². The predicted molar refractivity (Wildman–Crippen MR) is 87.5 cm³/mol. The van der Waals surface area contributed by atoms with E-state index >= 15 is 0 Å². The number of nitrogens with two attached hydrogens (primary N) is 1. The molecule has 0 aliphatic heterocycles. The van der Waals surface area contributed by atoms with Crippen molar-refractivity contribution in [2.75, 3.05) is 11.9 Å². The Kier molecular flexibility index (Phi) is 4.80. The lowest BCUT2D eigenvalue weighted by atomic mass is 9.81. The van der Waals surface area contributed by atoms with Gasteiger partial charge in [-0.2, -0.15) is 0 Å². The van der Waals surface area contributed by atoms with E-state index in [9.17, 15) is 4.79 Å². The Morgan fingerprint density at radius 2 is 2.10 bits per heavy atom. The van der Waals surface area contributed by atoms with E-state index in [1.807, 2.05) is 32.0 Å². The number of anilines is 1. The molecule has 2 rings (SSSR count). The van der Waals surface area contributed by atoms with E-state index in [1.165, 1.54) is 0 Å². The summed E-state index contributed by atoms with van der Waals surface area (Å²) in [5.41, 5.74) is 6.63. The maximum Gasteiger partial charge on any atom is 0.231 e. The number of fused-ring (bicyclic) bond motifs is 1. The summed E-state index contributed by atoms with van der Waals surface area (Å²) >= 11 is 6.12. The number of amides is 1. The minimum absolute atomic E-state index is 0.0794. The molecule has 0 fully saturated rings. The Balaban J connectivity index is 2.42. The van der Waals surface area contributed by atoms with Crippen LogP contribution in [-0.4, -0.2) is 17.4 Å². The third-order valence-electron chi connectivity index (χ3n) is 4.14. The molecule has 0 radical (unpaired) electrons. The Morgan fingerprint density at radius 1 is 1.38 bits per heavy atom. The fourth-order valence-electron chi connectivity index (χ4n) is 2.46. The summed E-state index contributed by atoms with van der Waals surface area (Å²) in [6.45, 7) is 4.27. The van der Waals surface area contributed by atoms with Crippen molar-refractivity contribution in [3.8, 4) is 0 Å². The Labute approximate surface area is 129 Å². The van der Waals surface area contributed by atoms with Gasteiger partial charge in [0.15, 0.2) is 0 Å². The Hall–Kier alpha value is -1.65. The molecular weight excluding hydrogens is 286 g/mol. The van der Waals surface area contributed by atoms with Gasteiger partial charge in [-0.05, 0) is 31.0 Å². The van der Waals surface area contributed by atoms with Gasteiger partial charge < -0.3 is 11.1 Å². The first-order chi connectivity index (χ1) is 10.1. The molecule has 2 aromatic rings. The number of halogens is 1. The van der Waals surface area contributed by atoms with Crippen molar-refractivity contribution in [3.05, 3.63) is 35.5 Å². The van der Waals surface area contributed by atoms with Crippen LogP contribution in [0.4, 0.5) is 5.69 Å². The fourth-order valence-corrected chi connectivity index (χ4v) is 2.69. The molecule has 21 heavy (non-hydrogen) atoms. The zero-order valence-corrected chi connectivity index (χ0v) is 13.1. The van der Waals surface area contributed by atoms with Crippen LogP contribution in [0.1, 0.15) is 26.7 Å². The van der Waals surface area contributed by atoms with Gasteiger partial charge in [-0.1, -0.05) is 31.5 Å². The molecular formula is C16H20ClN3O. The number of rotatable bonds is 5. The summed E-state index contributed by atoms with van der Waals surface area (Å²) < 4.78 is 0. The first kappa shape index (κ1) is 15.7. The van der Waals surface area contributed by atoms with Crippen molar-refractivity contribution < 1.29 is 4.79 Å². The highest BCUT2D eigenvalue weighted by atomic mass is 35.5. The van der Waals surface area contributed by atoms with Crippen molar-refractivity contribution in [3.63, 3.8) is 0 Å².